The third kappa shape index (κ3) is 6.98. The number of H-pyrrole nitrogens is 1. The van der Waals surface area contributed by atoms with Gasteiger partial charge < -0.3 is 31.3 Å². The molecule has 0 aliphatic carbocycles. The van der Waals surface area contributed by atoms with Crippen LogP contribution in [0.15, 0.2) is 40.7 Å². The quantitative estimate of drug-likeness (QED) is 0.0998. The number of ether oxygens (including phenoxy) is 1. The van der Waals surface area contributed by atoms with E-state index in [-0.39, 0.29) is 31.0 Å². The number of hydrogen-bond donors (Lipinski definition) is 6. The number of amides is 2. The van der Waals surface area contributed by atoms with Crippen molar-refractivity contribution in [1.82, 2.24) is 25.4 Å². The molecule has 1 aromatic carbocycles. The number of carboxylic acid groups (broad SMARTS) is 2. The third-order valence-electron chi connectivity index (χ3n) is 6.05. The number of esters is 1. The zero-order valence-corrected chi connectivity index (χ0v) is 23.3. The predicted octanol–water partition coefficient (Wildman–Crippen LogP) is -0.0625. The van der Waals surface area contributed by atoms with E-state index in [1.165, 1.54) is 11.8 Å². The SMILES string of the molecule is CCOC(=O)Cc1nc(SCC2=C(C(=O)O)N3C(=O)C(NC(=O)C(N)c4ccc(NCC(=O)O)cc4)[C@H]3SC2)n[nH]1. The fraction of sp³-hybridized carbons (Fsp3) is 0.375. The highest BCUT2D eigenvalue weighted by Gasteiger charge is 2.54. The average molecular weight is 606 g/mol. The van der Waals surface area contributed by atoms with Gasteiger partial charge in [0.05, 0.1) is 6.61 Å². The van der Waals surface area contributed by atoms with Crippen molar-refractivity contribution in [2.24, 2.45) is 5.73 Å². The molecule has 218 valence electrons. The molecule has 3 heterocycles. The Labute approximate surface area is 241 Å². The number of nitrogens with zero attached hydrogens (tertiary/aromatic N) is 3. The van der Waals surface area contributed by atoms with Crippen LogP contribution in [0.2, 0.25) is 0 Å². The van der Waals surface area contributed by atoms with Crippen LogP contribution in [0.5, 0.6) is 0 Å². The third-order valence-corrected chi connectivity index (χ3v) is 8.32. The summed E-state index contributed by atoms with van der Waals surface area (Å²) in [6.07, 6.45) is -0.0731. The van der Waals surface area contributed by atoms with Crippen LogP contribution >= 0.6 is 23.5 Å². The minimum Gasteiger partial charge on any atom is -0.480 e. The molecule has 7 N–H and O–H groups in total. The summed E-state index contributed by atoms with van der Waals surface area (Å²) in [5.41, 5.74) is 7.42. The van der Waals surface area contributed by atoms with Crippen molar-refractivity contribution in [2.75, 3.05) is 30.0 Å². The van der Waals surface area contributed by atoms with Gasteiger partial charge in [0.2, 0.25) is 11.1 Å². The van der Waals surface area contributed by atoms with Gasteiger partial charge in [-0.05, 0) is 30.2 Å². The molecule has 4 rings (SSSR count). The lowest BCUT2D eigenvalue weighted by Gasteiger charge is -2.49. The van der Waals surface area contributed by atoms with Gasteiger partial charge in [-0.2, -0.15) is 0 Å². The van der Waals surface area contributed by atoms with Crippen molar-refractivity contribution in [3.63, 3.8) is 0 Å². The van der Waals surface area contributed by atoms with Crippen molar-refractivity contribution < 1.29 is 38.9 Å². The molecular weight excluding hydrogens is 578 g/mol. The van der Waals surface area contributed by atoms with Crippen LogP contribution in [0.4, 0.5) is 5.69 Å². The number of hydrogen-bond acceptors (Lipinski definition) is 12. The second-order valence-corrected chi connectivity index (χ2v) is 10.9. The van der Waals surface area contributed by atoms with Crippen molar-refractivity contribution in [3.8, 4) is 0 Å². The molecular formula is C24H27N7O8S2. The first-order valence-electron chi connectivity index (χ1n) is 12.3. The molecule has 2 aliphatic rings. The number of nitrogens with two attached hydrogens (primary N) is 1. The van der Waals surface area contributed by atoms with Gasteiger partial charge in [0.15, 0.2) is 0 Å². The fourth-order valence-electron chi connectivity index (χ4n) is 4.10. The molecule has 2 unspecified atom stereocenters. The van der Waals surface area contributed by atoms with Crippen LogP contribution in [0.25, 0.3) is 0 Å². The summed E-state index contributed by atoms with van der Waals surface area (Å²) in [5.74, 6) is -3.10. The number of anilines is 1. The molecule has 0 spiro atoms. The predicted molar refractivity (Wildman–Crippen MR) is 147 cm³/mol. The smallest absolute Gasteiger partial charge is 0.352 e. The second kappa shape index (κ2) is 13.0. The number of aliphatic carboxylic acids is 2. The number of fused-ring (bicyclic) bond motifs is 1. The molecule has 2 amide bonds. The standard InChI is InChI=1S/C24H27N7O8S2/c1-2-39-16(34)7-14-27-24(30-29-14)41-10-12-9-40-22-18(21(36)31(22)19(12)23(37)38)28-20(35)17(25)11-3-5-13(6-4-11)26-8-15(32)33/h3-6,17-18,22,26H,2,7-10,25H2,1H3,(H,28,35)(H,32,33)(H,37,38)(H,27,29,30)/t17?,18?,22-/m1/s1. The number of aromatic amines is 1. The Bertz CT molecular complexity index is 1380. The lowest BCUT2D eigenvalue weighted by atomic mass is 10.0. The van der Waals surface area contributed by atoms with Gasteiger partial charge in [-0.25, -0.2) is 9.78 Å². The number of rotatable bonds is 13. The largest absolute Gasteiger partial charge is 0.480 e. The van der Waals surface area contributed by atoms with Crippen LogP contribution in [-0.2, 0) is 35.1 Å². The van der Waals surface area contributed by atoms with Gasteiger partial charge in [0.1, 0.15) is 41.9 Å². The number of aromatic nitrogens is 3. The van der Waals surface area contributed by atoms with E-state index in [0.717, 1.165) is 16.7 Å². The normalized spacial score (nSPS) is 18.7. The van der Waals surface area contributed by atoms with Gasteiger partial charge >= 0.3 is 17.9 Å². The maximum absolute atomic E-state index is 13.0. The van der Waals surface area contributed by atoms with Crippen LogP contribution in [0, 0.1) is 0 Å². The summed E-state index contributed by atoms with van der Waals surface area (Å²) in [6.45, 7) is 1.67. The van der Waals surface area contributed by atoms with Gasteiger partial charge in [0.25, 0.3) is 5.91 Å². The number of carbonyl (C=O) groups excluding carboxylic acids is 3. The van der Waals surface area contributed by atoms with Gasteiger partial charge in [-0.1, -0.05) is 23.9 Å². The van der Waals surface area contributed by atoms with Crippen LogP contribution < -0.4 is 16.4 Å². The van der Waals surface area contributed by atoms with Crippen LogP contribution in [0.3, 0.4) is 0 Å². The van der Waals surface area contributed by atoms with Gasteiger partial charge in [-0.15, -0.1) is 16.9 Å². The monoisotopic (exact) mass is 605 g/mol. The molecule has 2 aromatic rings. The Morgan fingerprint density at radius 3 is 2.66 bits per heavy atom. The molecule has 1 saturated heterocycles. The highest BCUT2D eigenvalue weighted by molar-refractivity contribution is 8.01. The summed E-state index contributed by atoms with van der Waals surface area (Å²) >= 11 is 2.47. The Morgan fingerprint density at radius 2 is 2.00 bits per heavy atom. The number of thioether (sulfide) groups is 2. The Hall–Kier alpha value is -4.09. The lowest BCUT2D eigenvalue weighted by Crippen LogP contribution is -2.71. The lowest BCUT2D eigenvalue weighted by molar-refractivity contribution is -0.150. The maximum Gasteiger partial charge on any atom is 0.352 e. The molecule has 0 bridgehead atoms. The highest BCUT2D eigenvalue weighted by atomic mass is 32.2. The Morgan fingerprint density at radius 1 is 1.27 bits per heavy atom. The summed E-state index contributed by atoms with van der Waals surface area (Å²) in [6, 6.07) is 4.26. The maximum atomic E-state index is 13.0. The Kier molecular flexibility index (Phi) is 9.51. The molecule has 1 aromatic heterocycles. The van der Waals surface area contributed by atoms with E-state index in [9.17, 15) is 29.1 Å². The Balaban J connectivity index is 1.36. The fourth-order valence-corrected chi connectivity index (χ4v) is 6.40. The molecule has 0 radical (unpaired) electrons. The molecule has 17 heteroatoms. The van der Waals surface area contributed by atoms with Crippen molar-refractivity contribution in [2.45, 2.75) is 36.0 Å². The number of carbonyl (C=O) groups is 5. The zero-order chi connectivity index (χ0) is 29.7. The highest BCUT2D eigenvalue weighted by Crippen LogP contribution is 2.41. The summed E-state index contributed by atoms with van der Waals surface area (Å²) in [7, 11) is 0. The molecule has 1 fully saturated rings. The zero-order valence-electron chi connectivity index (χ0n) is 21.7. The molecule has 0 saturated carbocycles. The number of carboxylic acids is 2. The minimum atomic E-state index is -1.27. The van der Waals surface area contributed by atoms with Crippen molar-refractivity contribution in [3.05, 3.63) is 46.9 Å². The second-order valence-electron chi connectivity index (χ2n) is 8.84. The molecule has 41 heavy (non-hydrogen) atoms. The minimum absolute atomic E-state index is 0.0731. The number of nitrogens with one attached hydrogen (secondary N) is 3. The van der Waals surface area contributed by atoms with E-state index in [0.29, 0.717) is 33.6 Å². The van der Waals surface area contributed by atoms with E-state index in [1.807, 2.05) is 0 Å². The van der Waals surface area contributed by atoms with E-state index in [2.05, 4.69) is 25.8 Å². The first kappa shape index (κ1) is 29.9. The van der Waals surface area contributed by atoms with Crippen LogP contribution in [0.1, 0.15) is 24.4 Å². The first-order chi connectivity index (χ1) is 19.6. The first-order valence-corrected chi connectivity index (χ1v) is 14.3. The molecule has 15 nitrogen and oxygen atoms in total. The van der Waals surface area contributed by atoms with Gasteiger partial charge in [0, 0.05) is 17.2 Å². The molecule has 2 aliphatic heterocycles. The van der Waals surface area contributed by atoms with Gasteiger partial charge in [-0.3, -0.25) is 29.2 Å². The van der Waals surface area contributed by atoms with Crippen molar-refractivity contribution in [1.29, 1.82) is 0 Å². The van der Waals surface area contributed by atoms with Crippen LogP contribution in [-0.4, -0.2) is 96.1 Å². The van der Waals surface area contributed by atoms with E-state index in [1.54, 1.807) is 31.2 Å². The van der Waals surface area contributed by atoms with E-state index in [4.69, 9.17) is 15.6 Å². The summed E-state index contributed by atoms with van der Waals surface area (Å²) < 4.78 is 4.88. The summed E-state index contributed by atoms with van der Waals surface area (Å²) in [5, 5.41) is 30.4. The topological polar surface area (TPSA) is 230 Å². The van der Waals surface area contributed by atoms with E-state index >= 15 is 0 Å². The number of benzene rings is 1. The van der Waals surface area contributed by atoms with E-state index < -0.39 is 47.2 Å². The van der Waals surface area contributed by atoms with Crippen molar-refractivity contribution >= 4 is 58.9 Å². The average Bonchev–Trinajstić information content (AvgIpc) is 3.39. The number of β-lactam (4-membered cyclic amide) rings is 1. The molecule has 3 atom stereocenters. The summed E-state index contributed by atoms with van der Waals surface area (Å²) in [4.78, 5) is 65.6.